The maximum Gasteiger partial charge on any atom is 0.347 e. The predicted octanol–water partition coefficient (Wildman–Crippen LogP) is 1.83. The smallest absolute Gasteiger partial charge is 0.347 e. The van der Waals surface area contributed by atoms with E-state index in [1.807, 2.05) is 0 Å². The number of carbonyl (C=O) groups excluding carboxylic acids is 1. The van der Waals surface area contributed by atoms with E-state index in [0.717, 1.165) is 18.2 Å². The summed E-state index contributed by atoms with van der Waals surface area (Å²) in [5.41, 5.74) is -1.02. The number of benzene rings is 1. The van der Waals surface area contributed by atoms with Gasteiger partial charge in [0.1, 0.15) is 0 Å². The maximum atomic E-state index is 11.4. The normalized spacial score (nSPS) is 11.5. The van der Waals surface area contributed by atoms with Crippen molar-refractivity contribution >= 4 is 17.3 Å². The Morgan fingerprint density at radius 3 is 2.45 bits per heavy atom. The molecule has 0 amide bonds. The molecule has 0 aromatic heterocycles. The number of nitro groups is 2. The van der Waals surface area contributed by atoms with Gasteiger partial charge in [-0.25, -0.2) is 4.79 Å². The third-order valence-corrected chi connectivity index (χ3v) is 2.27. The molecule has 0 bridgehead atoms. The lowest BCUT2D eigenvalue weighted by Crippen LogP contribution is -2.26. The highest BCUT2D eigenvalue weighted by Gasteiger charge is 2.24. The first-order valence-electron chi connectivity index (χ1n) is 5.63. The van der Waals surface area contributed by atoms with Gasteiger partial charge in [0.2, 0.25) is 0 Å². The van der Waals surface area contributed by atoms with E-state index in [0.29, 0.717) is 0 Å². The Balaban J connectivity index is 3.03. The van der Waals surface area contributed by atoms with Gasteiger partial charge in [0, 0.05) is 6.07 Å². The minimum atomic E-state index is -1.06. The lowest BCUT2D eigenvalue weighted by Gasteiger charge is -2.13. The molecule has 0 spiro atoms. The molecule has 1 aromatic rings. The van der Waals surface area contributed by atoms with E-state index >= 15 is 0 Å². The zero-order valence-electron chi connectivity index (χ0n) is 10.8. The molecule has 20 heavy (non-hydrogen) atoms. The molecule has 0 saturated heterocycles. The molecule has 9 heteroatoms. The van der Waals surface area contributed by atoms with Crippen LogP contribution in [0.5, 0.6) is 5.75 Å². The van der Waals surface area contributed by atoms with Crippen LogP contribution in [0.1, 0.15) is 13.8 Å². The third-order valence-electron chi connectivity index (χ3n) is 2.27. The van der Waals surface area contributed by atoms with Gasteiger partial charge in [0.25, 0.3) is 5.69 Å². The van der Waals surface area contributed by atoms with E-state index in [-0.39, 0.29) is 12.4 Å². The van der Waals surface area contributed by atoms with Crippen LogP contribution in [0.3, 0.4) is 0 Å². The Bertz CT molecular complexity index is 544. The number of non-ortho nitro benzene ring substituents is 1. The Morgan fingerprint density at radius 2 is 1.95 bits per heavy atom. The highest BCUT2D eigenvalue weighted by atomic mass is 16.6. The molecule has 1 rings (SSSR count). The van der Waals surface area contributed by atoms with Crippen molar-refractivity contribution in [3.63, 3.8) is 0 Å². The summed E-state index contributed by atoms with van der Waals surface area (Å²) >= 11 is 0. The van der Waals surface area contributed by atoms with Crippen molar-refractivity contribution in [1.29, 1.82) is 0 Å². The number of hydrogen-bond acceptors (Lipinski definition) is 7. The summed E-state index contributed by atoms with van der Waals surface area (Å²) in [5, 5.41) is 21.4. The lowest BCUT2D eigenvalue weighted by molar-refractivity contribution is -0.394. The van der Waals surface area contributed by atoms with Crippen LogP contribution in [0.15, 0.2) is 18.2 Å². The lowest BCUT2D eigenvalue weighted by atomic mass is 10.2. The molecule has 0 unspecified atom stereocenters. The van der Waals surface area contributed by atoms with E-state index in [1.54, 1.807) is 6.92 Å². The van der Waals surface area contributed by atoms with Crippen molar-refractivity contribution in [2.24, 2.45) is 0 Å². The molecule has 0 aliphatic carbocycles. The first-order chi connectivity index (χ1) is 9.36. The molecule has 1 atom stereocenters. The van der Waals surface area contributed by atoms with E-state index in [9.17, 15) is 25.0 Å². The fourth-order valence-corrected chi connectivity index (χ4v) is 1.36. The Hall–Kier alpha value is -2.71. The van der Waals surface area contributed by atoms with Crippen molar-refractivity contribution in [3.8, 4) is 5.75 Å². The van der Waals surface area contributed by atoms with Gasteiger partial charge in [-0.2, -0.15) is 0 Å². The van der Waals surface area contributed by atoms with Gasteiger partial charge in [-0.1, -0.05) is 0 Å². The fourth-order valence-electron chi connectivity index (χ4n) is 1.36. The van der Waals surface area contributed by atoms with E-state index in [4.69, 9.17) is 9.47 Å². The highest BCUT2D eigenvalue weighted by Crippen LogP contribution is 2.31. The molecule has 0 heterocycles. The topological polar surface area (TPSA) is 122 Å². The van der Waals surface area contributed by atoms with Crippen molar-refractivity contribution in [2.75, 3.05) is 6.61 Å². The average Bonchev–Trinajstić information content (AvgIpc) is 2.38. The Kier molecular flexibility index (Phi) is 4.95. The van der Waals surface area contributed by atoms with Crippen LogP contribution >= 0.6 is 0 Å². The molecule has 0 N–H and O–H groups in total. The van der Waals surface area contributed by atoms with E-state index in [2.05, 4.69) is 0 Å². The number of hydrogen-bond donors (Lipinski definition) is 0. The molecule has 9 nitrogen and oxygen atoms in total. The zero-order valence-corrected chi connectivity index (χ0v) is 10.8. The molecule has 0 aliphatic heterocycles. The molecular weight excluding hydrogens is 272 g/mol. The first kappa shape index (κ1) is 15.3. The second kappa shape index (κ2) is 6.45. The maximum absolute atomic E-state index is 11.4. The molecule has 0 saturated carbocycles. The van der Waals surface area contributed by atoms with Crippen molar-refractivity contribution in [2.45, 2.75) is 20.0 Å². The zero-order chi connectivity index (χ0) is 15.3. The number of nitro benzene ring substituents is 2. The monoisotopic (exact) mass is 284 g/mol. The molecule has 0 aliphatic rings. The van der Waals surface area contributed by atoms with Gasteiger partial charge in [-0.05, 0) is 19.9 Å². The molecule has 108 valence electrons. The standard InChI is InChI=1S/C11H12N2O7/c1-3-19-11(14)7(2)20-10-5-4-8(12(15)16)6-9(10)13(17)18/h4-7H,3H2,1-2H3/t7-/m0/s1. The van der Waals surface area contributed by atoms with Gasteiger partial charge in [0.15, 0.2) is 11.9 Å². The van der Waals surface area contributed by atoms with Crippen LogP contribution in [0, 0.1) is 20.2 Å². The van der Waals surface area contributed by atoms with Gasteiger partial charge in [0.05, 0.1) is 22.5 Å². The summed E-state index contributed by atoms with van der Waals surface area (Å²) in [7, 11) is 0. The van der Waals surface area contributed by atoms with Gasteiger partial charge in [-0.3, -0.25) is 20.2 Å². The number of rotatable bonds is 6. The predicted molar refractivity (Wildman–Crippen MR) is 66.5 cm³/mol. The van der Waals surface area contributed by atoms with Crippen molar-refractivity contribution < 1.29 is 24.1 Å². The quantitative estimate of drug-likeness (QED) is 0.443. The molecule has 1 aromatic carbocycles. The summed E-state index contributed by atoms with van der Waals surface area (Å²) in [6.45, 7) is 3.12. The summed E-state index contributed by atoms with van der Waals surface area (Å²) in [4.78, 5) is 31.2. The van der Waals surface area contributed by atoms with Crippen LogP contribution in [-0.2, 0) is 9.53 Å². The SMILES string of the molecule is CCOC(=O)[C@H](C)Oc1ccc([N+](=O)[O-])cc1[N+](=O)[O-]. The minimum Gasteiger partial charge on any atom is -0.472 e. The van der Waals surface area contributed by atoms with Crippen LogP contribution in [-0.4, -0.2) is 28.5 Å². The highest BCUT2D eigenvalue weighted by molar-refractivity contribution is 5.74. The molecule has 0 fully saturated rings. The van der Waals surface area contributed by atoms with Gasteiger partial charge >= 0.3 is 11.7 Å². The van der Waals surface area contributed by atoms with Crippen LogP contribution < -0.4 is 4.74 Å². The summed E-state index contributed by atoms with van der Waals surface area (Å²) in [6.07, 6.45) is -1.06. The number of carbonyl (C=O) groups is 1. The minimum absolute atomic E-state index is 0.148. The second-order valence-corrected chi connectivity index (χ2v) is 3.68. The molecular formula is C11H12N2O7. The van der Waals surface area contributed by atoms with Crippen molar-refractivity contribution in [3.05, 3.63) is 38.4 Å². The van der Waals surface area contributed by atoms with Gasteiger partial charge < -0.3 is 9.47 Å². The summed E-state index contributed by atoms with van der Waals surface area (Å²) in [5.74, 6) is -0.915. The van der Waals surface area contributed by atoms with Crippen LogP contribution in [0.4, 0.5) is 11.4 Å². The Morgan fingerprint density at radius 1 is 1.30 bits per heavy atom. The second-order valence-electron chi connectivity index (χ2n) is 3.68. The fraction of sp³-hybridized carbons (Fsp3) is 0.364. The molecule has 0 radical (unpaired) electrons. The summed E-state index contributed by atoms with van der Waals surface area (Å²) < 4.78 is 9.81. The van der Waals surface area contributed by atoms with Crippen LogP contribution in [0.25, 0.3) is 0 Å². The largest absolute Gasteiger partial charge is 0.472 e. The summed E-state index contributed by atoms with van der Waals surface area (Å²) in [6, 6.07) is 2.90. The third kappa shape index (κ3) is 3.64. The van der Waals surface area contributed by atoms with Crippen LogP contribution in [0.2, 0.25) is 0 Å². The van der Waals surface area contributed by atoms with Gasteiger partial charge in [-0.15, -0.1) is 0 Å². The van der Waals surface area contributed by atoms with Crippen molar-refractivity contribution in [1.82, 2.24) is 0 Å². The number of ether oxygens (including phenoxy) is 2. The first-order valence-corrected chi connectivity index (χ1v) is 5.63. The Labute approximate surface area is 113 Å². The van der Waals surface area contributed by atoms with E-state index < -0.39 is 33.3 Å². The number of nitrogens with zero attached hydrogens (tertiary/aromatic N) is 2. The van der Waals surface area contributed by atoms with E-state index in [1.165, 1.54) is 6.92 Å². The number of esters is 1. The average molecular weight is 284 g/mol.